The molecule has 0 unspecified atom stereocenters. The number of halogens is 1. The van der Waals surface area contributed by atoms with Gasteiger partial charge in [-0.1, -0.05) is 6.07 Å². The SMILES string of the molecule is O=[N+]([O-])c1nc2cccc(S(=O)(=O)Cl)c2o1. The maximum atomic E-state index is 11.1. The van der Waals surface area contributed by atoms with Gasteiger partial charge in [-0.05, 0) is 12.1 Å². The predicted molar refractivity (Wildman–Crippen MR) is 53.7 cm³/mol. The molecule has 0 aliphatic rings. The summed E-state index contributed by atoms with van der Waals surface area (Å²) >= 11 is 0. The van der Waals surface area contributed by atoms with E-state index in [0.717, 1.165) is 0 Å². The fourth-order valence-corrected chi connectivity index (χ4v) is 2.16. The first kappa shape index (κ1) is 10.8. The van der Waals surface area contributed by atoms with Gasteiger partial charge >= 0.3 is 6.01 Å². The van der Waals surface area contributed by atoms with E-state index in [4.69, 9.17) is 15.1 Å². The lowest BCUT2D eigenvalue weighted by atomic mass is 10.3. The van der Waals surface area contributed by atoms with Crippen molar-refractivity contribution in [3.05, 3.63) is 28.3 Å². The molecule has 0 bridgehead atoms. The van der Waals surface area contributed by atoms with Gasteiger partial charge in [0.25, 0.3) is 9.05 Å². The van der Waals surface area contributed by atoms with Crippen molar-refractivity contribution in [3.63, 3.8) is 0 Å². The molecule has 84 valence electrons. The van der Waals surface area contributed by atoms with Crippen LogP contribution in [0.4, 0.5) is 6.01 Å². The topological polar surface area (TPSA) is 103 Å². The van der Waals surface area contributed by atoms with Gasteiger partial charge in [-0.15, -0.1) is 0 Å². The van der Waals surface area contributed by atoms with E-state index in [2.05, 4.69) is 4.98 Å². The smallest absolute Gasteiger partial charge is 0.380 e. The highest BCUT2D eigenvalue weighted by Crippen LogP contribution is 2.28. The highest BCUT2D eigenvalue weighted by Gasteiger charge is 2.24. The van der Waals surface area contributed by atoms with Gasteiger partial charge in [-0.25, -0.2) is 8.42 Å². The first-order valence-electron chi connectivity index (χ1n) is 3.88. The van der Waals surface area contributed by atoms with Crippen LogP contribution in [0.15, 0.2) is 27.5 Å². The summed E-state index contributed by atoms with van der Waals surface area (Å²) in [6.07, 6.45) is 0. The summed E-state index contributed by atoms with van der Waals surface area (Å²) in [4.78, 5) is 12.7. The number of benzene rings is 1. The predicted octanol–water partition coefficient (Wildman–Crippen LogP) is 1.66. The normalized spacial score (nSPS) is 11.8. The minimum atomic E-state index is -4.03. The summed E-state index contributed by atoms with van der Waals surface area (Å²) in [5.74, 6) is 0. The van der Waals surface area contributed by atoms with Crippen LogP contribution in [0.5, 0.6) is 0 Å². The molecule has 0 radical (unpaired) electrons. The lowest BCUT2D eigenvalue weighted by Crippen LogP contribution is -1.90. The molecular weight excluding hydrogens is 260 g/mol. The number of fused-ring (bicyclic) bond motifs is 1. The van der Waals surface area contributed by atoms with Gasteiger partial charge in [0, 0.05) is 20.6 Å². The zero-order chi connectivity index (χ0) is 11.9. The third-order valence-electron chi connectivity index (χ3n) is 1.79. The Kier molecular flexibility index (Phi) is 2.32. The Balaban J connectivity index is 2.83. The second-order valence-corrected chi connectivity index (χ2v) is 5.33. The number of rotatable bonds is 2. The van der Waals surface area contributed by atoms with Gasteiger partial charge in [0.05, 0.1) is 0 Å². The molecule has 0 saturated heterocycles. The van der Waals surface area contributed by atoms with Crippen molar-refractivity contribution in [1.82, 2.24) is 4.98 Å². The van der Waals surface area contributed by atoms with E-state index >= 15 is 0 Å². The van der Waals surface area contributed by atoms with Crippen molar-refractivity contribution in [2.75, 3.05) is 0 Å². The third-order valence-corrected chi connectivity index (χ3v) is 3.13. The minimum absolute atomic E-state index is 0.0634. The summed E-state index contributed by atoms with van der Waals surface area (Å²) in [6, 6.07) is 3.16. The van der Waals surface area contributed by atoms with E-state index in [1.54, 1.807) is 0 Å². The third kappa shape index (κ3) is 1.72. The minimum Gasteiger partial charge on any atom is -0.380 e. The molecule has 0 aliphatic carbocycles. The Morgan fingerprint density at radius 2 is 2.12 bits per heavy atom. The number of aromatic nitrogens is 1. The molecule has 0 saturated carbocycles. The summed E-state index contributed by atoms with van der Waals surface area (Å²) < 4.78 is 27.0. The summed E-state index contributed by atoms with van der Waals surface area (Å²) in [5, 5.41) is 10.4. The molecule has 2 rings (SSSR count). The van der Waals surface area contributed by atoms with Crippen LogP contribution in [0.1, 0.15) is 0 Å². The van der Waals surface area contributed by atoms with Crippen LogP contribution in [0.25, 0.3) is 11.1 Å². The standard InChI is InChI=1S/C7H3ClN2O5S/c8-16(13,14)5-3-1-2-4-6(5)15-7(9-4)10(11)12/h1-3H. The van der Waals surface area contributed by atoms with Gasteiger partial charge in [-0.3, -0.25) is 0 Å². The summed E-state index contributed by atoms with van der Waals surface area (Å²) in [5.41, 5.74) is -0.155. The molecule has 16 heavy (non-hydrogen) atoms. The van der Waals surface area contributed by atoms with Crippen LogP contribution in [0, 0.1) is 10.1 Å². The van der Waals surface area contributed by atoms with Crippen LogP contribution in [0.3, 0.4) is 0 Å². The maximum Gasteiger partial charge on any atom is 0.546 e. The van der Waals surface area contributed by atoms with Crippen molar-refractivity contribution in [2.24, 2.45) is 0 Å². The zero-order valence-electron chi connectivity index (χ0n) is 7.45. The average Bonchev–Trinajstić information content (AvgIpc) is 2.58. The molecule has 0 spiro atoms. The van der Waals surface area contributed by atoms with E-state index in [0.29, 0.717) is 0 Å². The molecule has 1 aromatic carbocycles. The molecule has 0 fully saturated rings. The van der Waals surface area contributed by atoms with Gasteiger partial charge in [-0.2, -0.15) is 0 Å². The van der Waals surface area contributed by atoms with Crippen molar-refractivity contribution in [2.45, 2.75) is 4.90 Å². The lowest BCUT2D eigenvalue weighted by molar-refractivity contribution is -0.406. The Bertz CT molecular complexity index is 677. The molecule has 0 atom stereocenters. The van der Waals surface area contributed by atoms with Crippen LogP contribution in [-0.4, -0.2) is 18.3 Å². The molecule has 0 amide bonds. The van der Waals surface area contributed by atoms with E-state index in [9.17, 15) is 18.5 Å². The average molecular weight is 263 g/mol. The van der Waals surface area contributed by atoms with E-state index in [1.807, 2.05) is 0 Å². The Morgan fingerprint density at radius 1 is 1.44 bits per heavy atom. The summed E-state index contributed by atoms with van der Waals surface area (Å²) in [6.45, 7) is 0. The van der Waals surface area contributed by atoms with Crippen LogP contribution < -0.4 is 0 Å². The fraction of sp³-hybridized carbons (Fsp3) is 0. The summed E-state index contributed by atoms with van der Waals surface area (Å²) in [7, 11) is 1.12. The largest absolute Gasteiger partial charge is 0.546 e. The van der Waals surface area contributed by atoms with Crippen LogP contribution in [-0.2, 0) is 9.05 Å². The van der Waals surface area contributed by atoms with E-state index < -0.39 is 20.0 Å². The molecule has 0 aliphatic heterocycles. The van der Waals surface area contributed by atoms with Crippen molar-refractivity contribution in [1.29, 1.82) is 0 Å². The van der Waals surface area contributed by atoms with Crippen LogP contribution >= 0.6 is 10.7 Å². The first-order valence-corrected chi connectivity index (χ1v) is 6.19. The van der Waals surface area contributed by atoms with Crippen molar-refractivity contribution < 1.29 is 17.8 Å². The molecule has 1 heterocycles. The monoisotopic (exact) mass is 262 g/mol. The second kappa shape index (κ2) is 3.42. The molecule has 9 heteroatoms. The van der Waals surface area contributed by atoms with Gasteiger partial charge in [0.2, 0.25) is 11.1 Å². The van der Waals surface area contributed by atoms with Crippen molar-refractivity contribution in [3.8, 4) is 0 Å². The zero-order valence-corrected chi connectivity index (χ0v) is 9.03. The lowest BCUT2D eigenvalue weighted by Gasteiger charge is -1.92. The number of nitrogens with zero attached hydrogens (tertiary/aromatic N) is 2. The number of hydrogen-bond donors (Lipinski definition) is 0. The van der Waals surface area contributed by atoms with Gasteiger partial charge in [0.15, 0.2) is 0 Å². The van der Waals surface area contributed by atoms with Crippen molar-refractivity contribution >= 4 is 36.8 Å². The highest BCUT2D eigenvalue weighted by molar-refractivity contribution is 8.13. The molecule has 7 nitrogen and oxygen atoms in total. The number of para-hydroxylation sites is 1. The first-order chi connectivity index (χ1) is 7.39. The van der Waals surface area contributed by atoms with E-state index in [-0.39, 0.29) is 16.0 Å². The molecule has 1 aromatic heterocycles. The quantitative estimate of drug-likeness (QED) is 0.463. The number of oxazole rings is 1. The van der Waals surface area contributed by atoms with Gasteiger partial charge in [0.1, 0.15) is 4.90 Å². The Labute approximate surface area is 93.2 Å². The maximum absolute atomic E-state index is 11.1. The highest BCUT2D eigenvalue weighted by atomic mass is 35.7. The molecular formula is C7H3ClN2O5S. The Morgan fingerprint density at radius 3 is 2.69 bits per heavy atom. The Hall–Kier alpha value is -1.67. The van der Waals surface area contributed by atoms with E-state index in [1.165, 1.54) is 18.2 Å². The molecule has 0 N–H and O–H groups in total. The number of nitro groups is 1. The number of hydrogen-bond acceptors (Lipinski definition) is 6. The van der Waals surface area contributed by atoms with Crippen LogP contribution in [0.2, 0.25) is 0 Å². The second-order valence-electron chi connectivity index (χ2n) is 2.80. The van der Waals surface area contributed by atoms with Gasteiger partial charge < -0.3 is 14.5 Å². The molecule has 2 aromatic rings. The fourth-order valence-electron chi connectivity index (χ4n) is 1.18.